The average Bonchev–Trinajstić information content (AvgIpc) is 3.21. The number of thiophene rings is 2. The van der Waals surface area contributed by atoms with Crippen LogP contribution < -0.4 is 0 Å². The molecule has 4 unspecified atom stereocenters. The molecule has 1 N–H and O–H groups in total. The van der Waals surface area contributed by atoms with Crippen molar-refractivity contribution >= 4 is 28.6 Å². The smallest absolute Gasteiger partial charge is 0.349 e. The minimum atomic E-state index is -3.65. The van der Waals surface area contributed by atoms with E-state index in [0.717, 1.165) is 0 Å². The van der Waals surface area contributed by atoms with E-state index >= 15 is 0 Å². The Morgan fingerprint density at radius 1 is 1.31 bits per heavy atom. The minimum absolute atomic E-state index is 0.317. The van der Waals surface area contributed by atoms with E-state index in [4.69, 9.17) is 31.4 Å². The lowest BCUT2D eigenvalue weighted by molar-refractivity contribution is -0.938. The molecular weight excluding hydrogens is 370 g/mol. The highest BCUT2D eigenvalue weighted by Gasteiger charge is 2.71. The maximum Gasteiger partial charge on any atom is 0.349 e. The minimum Gasteiger partial charge on any atom is -0.459 e. The molecule has 2 aromatic rings. The van der Waals surface area contributed by atoms with Gasteiger partial charge in [0.05, 0.1) is 45.6 Å². The first-order chi connectivity index (χ1) is 18.8. The van der Waals surface area contributed by atoms with Crippen LogP contribution >= 0.6 is 22.7 Å². The molecule has 5 rings (SSSR count). The van der Waals surface area contributed by atoms with Gasteiger partial charge in [0.15, 0.2) is 0 Å². The Kier molecular flexibility index (Phi) is 1.51. The number of epoxide rings is 1. The summed E-state index contributed by atoms with van der Waals surface area (Å²) in [7, 11) is 0. The molecule has 26 heavy (non-hydrogen) atoms. The Balaban J connectivity index is 1.64. The number of fused-ring (bicyclic) bond motifs is 5. The predicted molar refractivity (Wildman–Crippen MR) is 99.1 cm³/mol. The second kappa shape index (κ2) is 5.62. The molecule has 4 atom stereocenters. The van der Waals surface area contributed by atoms with Crippen molar-refractivity contribution in [3.05, 3.63) is 44.6 Å². The Morgan fingerprint density at radius 3 is 2.35 bits per heavy atom. The molecule has 138 valence electrons. The molecule has 7 heteroatoms. The SMILES string of the molecule is [2H]c1sc(C(O)(C(=O)OC2CC3([2H])C4([2H])OC4([2H])C([2H])(C2)[N+]3(C([2H])([2H])[2H])C([2H])([2H])[2H])c2sc([2H])c([2H])c2[2H])c([2H])c1[2H]. The summed E-state index contributed by atoms with van der Waals surface area (Å²) in [6, 6.07) is -9.17. The lowest BCUT2D eigenvalue weighted by Gasteiger charge is -2.45. The number of hydrogen-bond acceptors (Lipinski definition) is 6. The standard InChI is InChI=1S/C19H22NO4S2/c1-20(2)12-9-11(10-13(20)17-16(12)24-17)23-18(21)19(22,14-5-3-7-25-14)15-6-4-8-26-15/h3-8,11-13,16-17,22H,9-10H2,1-2H3/q+1/i1D3,2D3,3D,4D,5D,6D,7D,8D,12D,13D,16D,17D. The van der Waals surface area contributed by atoms with Crippen molar-refractivity contribution in [3.8, 4) is 0 Å². The van der Waals surface area contributed by atoms with E-state index in [9.17, 15) is 9.90 Å². The number of carbonyl (C=O) groups excluding carboxylic acids is 1. The monoisotopic (exact) mass is 408 g/mol. The van der Waals surface area contributed by atoms with E-state index in [2.05, 4.69) is 0 Å². The number of hydrogen-bond donors (Lipinski definition) is 1. The van der Waals surface area contributed by atoms with E-state index in [1.165, 1.54) is 0 Å². The average molecular weight is 409 g/mol. The first-order valence-electron chi connectivity index (χ1n) is 15.5. The van der Waals surface area contributed by atoms with Gasteiger partial charge in [0.25, 0.3) is 0 Å². The highest BCUT2D eigenvalue weighted by molar-refractivity contribution is 7.12. The van der Waals surface area contributed by atoms with E-state index < -0.39 is 118 Å². The fraction of sp³-hybridized carbons (Fsp3) is 0.526. The summed E-state index contributed by atoms with van der Waals surface area (Å²) >= 11 is 0.635. The van der Waals surface area contributed by atoms with Gasteiger partial charge in [0.1, 0.15) is 30.3 Å². The van der Waals surface area contributed by atoms with Crippen LogP contribution in [0.4, 0.5) is 0 Å². The van der Waals surface area contributed by atoms with Crippen LogP contribution in [0.1, 0.15) is 44.5 Å². The Hall–Kier alpha value is -1.25. The van der Waals surface area contributed by atoms with Gasteiger partial charge in [-0.05, 0) is 22.8 Å². The van der Waals surface area contributed by atoms with Crippen molar-refractivity contribution < 1.29 is 45.8 Å². The predicted octanol–water partition coefficient (Wildman–Crippen LogP) is 2.35. The van der Waals surface area contributed by atoms with Crippen LogP contribution in [0.5, 0.6) is 0 Å². The number of esters is 1. The molecule has 5 nitrogen and oxygen atoms in total. The molecular formula is C19H22NO4S2+. The molecule has 0 spiro atoms. The van der Waals surface area contributed by atoms with Crippen molar-refractivity contribution in [3.63, 3.8) is 0 Å². The number of rotatable bonds is 4. The lowest BCUT2D eigenvalue weighted by Crippen LogP contribution is -2.60. The second-order valence-electron chi connectivity index (χ2n) is 6.04. The fourth-order valence-electron chi connectivity index (χ4n) is 3.19. The van der Waals surface area contributed by atoms with Gasteiger partial charge >= 0.3 is 5.97 Å². The summed E-state index contributed by atoms with van der Waals surface area (Å²) in [6.07, 6.45) is -9.55. The Labute approximate surface area is 182 Å². The van der Waals surface area contributed by atoms with Gasteiger partial charge in [-0.15, -0.1) is 22.7 Å². The number of ether oxygens (including phenoxy) is 2. The zero-order valence-electron chi connectivity index (χ0n) is 28.9. The summed E-state index contributed by atoms with van der Waals surface area (Å²) in [5.74, 6) is -1.70. The molecule has 3 aliphatic heterocycles. The van der Waals surface area contributed by atoms with Crippen molar-refractivity contribution in [1.82, 2.24) is 0 Å². The molecule has 0 aliphatic carbocycles. The normalized spacial score (nSPS) is 55.5. The maximum absolute atomic E-state index is 13.8. The summed E-state index contributed by atoms with van der Waals surface area (Å²) in [5, 5.41) is 10.7. The number of nitrogens with zero attached hydrogens (tertiary/aromatic N) is 1. The molecule has 3 fully saturated rings. The van der Waals surface area contributed by atoms with Crippen LogP contribution in [0.2, 0.25) is 0 Å². The molecule has 3 aliphatic rings. The molecule has 2 aromatic heterocycles. The van der Waals surface area contributed by atoms with E-state index in [-0.39, 0.29) is 0 Å². The van der Waals surface area contributed by atoms with Gasteiger partial charge in [-0.3, -0.25) is 0 Å². The number of quaternary nitrogens is 1. The van der Waals surface area contributed by atoms with Gasteiger partial charge in [0.2, 0.25) is 5.60 Å². The molecule has 2 bridgehead atoms. The van der Waals surface area contributed by atoms with Crippen molar-refractivity contribution in [2.24, 2.45) is 0 Å². The first-order valence-corrected chi connectivity index (χ1v) is 9.14. The third-order valence-corrected chi connectivity index (χ3v) is 6.14. The number of likely N-dealkylation sites (N-methyl/N-ethyl adjacent to an activating group) is 1. The molecule has 0 aromatic carbocycles. The Bertz CT molecular complexity index is 1420. The zero-order chi connectivity index (χ0) is 32.0. The van der Waals surface area contributed by atoms with Gasteiger partial charge < -0.3 is 19.1 Å². The third-order valence-electron chi connectivity index (χ3n) is 4.53. The first kappa shape index (κ1) is 6.97. The summed E-state index contributed by atoms with van der Waals surface area (Å²) in [4.78, 5) is 12.5. The van der Waals surface area contributed by atoms with E-state index in [0.29, 0.717) is 22.7 Å². The maximum atomic E-state index is 13.8. The highest BCUT2D eigenvalue weighted by Crippen LogP contribution is 2.52. The zero-order valence-corrected chi connectivity index (χ0v) is 14.6. The van der Waals surface area contributed by atoms with Crippen LogP contribution in [0.3, 0.4) is 0 Å². The summed E-state index contributed by atoms with van der Waals surface area (Å²) < 4.78 is 140. The molecule has 3 saturated heterocycles. The quantitative estimate of drug-likeness (QED) is 0.479. The molecule has 0 saturated carbocycles. The largest absolute Gasteiger partial charge is 0.459 e. The molecule has 0 radical (unpaired) electrons. The summed E-state index contributed by atoms with van der Waals surface area (Å²) in [5.41, 5.74) is -3.15. The van der Waals surface area contributed by atoms with Crippen LogP contribution in [0.25, 0.3) is 0 Å². The van der Waals surface area contributed by atoms with Crippen molar-refractivity contribution in [2.45, 2.75) is 48.7 Å². The van der Waals surface area contributed by atoms with Crippen LogP contribution in [0.15, 0.2) is 34.9 Å². The Morgan fingerprint density at radius 2 is 1.88 bits per heavy atom. The topological polar surface area (TPSA) is 59.1 Å². The fourth-order valence-corrected chi connectivity index (χ4v) is 4.54. The summed E-state index contributed by atoms with van der Waals surface area (Å²) in [6.45, 7) is -7.30. The second-order valence-corrected chi connectivity index (χ2v) is 7.67. The van der Waals surface area contributed by atoms with E-state index in [1.807, 2.05) is 0 Å². The number of carbonyl (C=O) groups is 1. The molecule has 5 heterocycles. The highest BCUT2D eigenvalue weighted by atomic mass is 32.1. The van der Waals surface area contributed by atoms with Crippen LogP contribution in [-0.4, -0.2) is 59.8 Å². The van der Waals surface area contributed by atoms with Crippen LogP contribution in [-0.2, 0) is 19.9 Å². The van der Waals surface area contributed by atoms with Gasteiger partial charge in [-0.2, -0.15) is 0 Å². The number of aliphatic hydroxyl groups is 1. The number of morpholine rings is 1. The van der Waals surface area contributed by atoms with Gasteiger partial charge in [0, 0.05) is 12.8 Å². The molecule has 0 amide bonds. The van der Waals surface area contributed by atoms with Crippen molar-refractivity contribution in [2.75, 3.05) is 14.0 Å². The number of piperidine rings is 1. The van der Waals surface area contributed by atoms with Gasteiger partial charge in [-0.25, -0.2) is 4.79 Å². The lowest BCUT2D eigenvalue weighted by atomic mass is 9.95. The van der Waals surface area contributed by atoms with E-state index in [1.54, 1.807) is 0 Å². The van der Waals surface area contributed by atoms with Crippen LogP contribution in [0, 0.1) is 0 Å². The third kappa shape index (κ3) is 2.28. The van der Waals surface area contributed by atoms with Crippen molar-refractivity contribution in [1.29, 1.82) is 0 Å². The van der Waals surface area contributed by atoms with Gasteiger partial charge in [-0.1, -0.05) is 12.1 Å².